The fraction of sp³-hybridized carbons (Fsp3) is 0.421. The number of hydrogen-bond acceptors (Lipinski definition) is 3. The van der Waals surface area contributed by atoms with Crippen molar-refractivity contribution in [2.24, 2.45) is 5.92 Å². The van der Waals surface area contributed by atoms with Crippen molar-refractivity contribution < 1.29 is 9.21 Å². The van der Waals surface area contributed by atoms with Crippen LogP contribution in [0, 0.1) is 5.92 Å². The van der Waals surface area contributed by atoms with Crippen LogP contribution in [0.4, 0.5) is 0 Å². The molecule has 4 heteroatoms. The zero-order valence-corrected chi connectivity index (χ0v) is 14.1. The lowest BCUT2D eigenvalue weighted by Crippen LogP contribution is -2.35. The standard InChI is InChI=1S/C19H23NO2.ClH/c21-18(19-7-4-14-22-19)10-13-20-11-8-17(9-12-20)15-16-5-2-1-3-6-16;/h1-7,14,17H,8-13,15H2;1H. The summed E-state index contributed by atoms with van der Waals surface area (Å²) in [4.78, 5) is 14.3. The summed E-state index contributed by atoms with van der Waals surface area (Å²) in [5, 5.41) is 0. The molecule has 124 valence electrons. The molecule has 0 radical (unpaired) electrons. The number of furan rings is 1. The van der Waals surface area contributed by atoms with Crippen LogP contribution in [0.15, 0.2) is 53.1 Å². The van der Waals surface area contributed by atoms with E-state index in [2.05, 4.69) is 35.2 Å². The Morgan fingerprint density at radius 1 is 1.09 bits per heavy atom. The molecule has 1 aliphatic heterocycles. The normalized spacial score (nSPS) is 16.0. The van der Waals surface area contributed by atoms with Crippen LogP contribution in [0.25, 0.3) is 0 Å². The first-order chi connectivity index (χ1) is 10.8. The van der Waals surface area contributed by atoms with Gasteiger partial charge in [-0.2, -0.15) is 0 Å². The van der Waals surface area contributed by atoms with Crippen molar-refractivity contribution in [3.8, 4) is 0 Å². The zero-order chi connectivity index (χ0) is 15.2. The minimum Gasteiger partial charge on any atom is -0.461 e. The van der Waals surface area contributed by atoms with Crippen LogP contribution >= 0.6 is 12.4 Å². The van der Waals surface area contributed by atoms with Crippen LogP contribution in [0.2, 0.25) is 0 Å². The number of nitrogens with zero attached hydrogens (tertiary/aromatic N) is 1. The summed E-state index contributed by atoms with van der Waals surface area (Å²) >= 11 is 0. The molecule has 0 amide bonds. The highest BCUT2D eigenvalue weighted by molar-refractivity contribution is 5.93. The van der Waals surface area contributed by atoms with Crippen LogP contribution in [-0.2, 0) is 6.42 Å². The minimum absolute atomic E-state index is 0. The van der Waals surface area contributed by atoms with Gasteiger partial charge in [0.1, 0.15) is 0 Å². The lowest BCUT2D eigenvalue weighted by molar-refractivity contribution is 0.0924. The van der Waals surface area contributed by atoms with Gasteiger partial charge in [0.25, 0.3) is 0 Å². The molecule has 0 bridgehead atoms. The fourth-order valence-corrected chi connectivity index (χ4v) is 3.18. The van der Waals surface area contributed by atoms with Gasteiger partial charge in [-0.05, 0) is 56.0 Å². The Hall–Kier alpha value is -1.58. The average Bonchev–Trinajstić information content (AvgIpc) is 3.09. The first-order valence-electron chi connectivity index (χ1n) is 8.14. The highest BCUT2D eigenvalue weighted by Crippen LogP contribution is 2.21. The Morgan fingerprint density at radius 3 is 2.48 bits per heavy atom. The van der Waals surface area contributed by atoms with Gasteiger partial charge in [-0.1, -0.05) is 30.3 Å². The van der Waals surface area contributed by atoms with Gasteiger partial charge < -0.3 is 9.32 Å². The third-order valence-corrected chi connectivity index (χ3v) is 4.53. The van der Waals surface area contributed by atoms with Gasteiger partial charge in [0.15, 0.2) is 11.5 Å². The largest absolute Gasteiger partial charge is 0.461 e. The Kier molecular flexibility index (Phi) is 6.87. The van der Waals surface area contributed by atoms with Gasteiger partial charge >= 0.3 is 0 Å². The number of rotatable bonds is 6. The molecular weight excluding hydrogens is 310 g/mol. The Bertz CT molecular complexity index is 575. The number of piperidine rings is 1. The fourth-order valence-electron chi connectivity index (χ4n) is 3.18. The number of carbonyl (C=O) groups excluding carboxylic acids is 1. The monoisotopic (exact) mass is 333 g/mol. The lowest BCUT2D eigenvalue weighted by Gasteiger charge is -2.31. The predicted molar refractivity (Wildman–Crippen MR) is 94.2 cm³/mol. The van der Waals surface area contributed by atoms with Gasteiger partial charge in [0, 0.05) is 13.0 Å². The Labute approximate surface area is 144 Å². The second kappa shape index (κ2) is 8.90. The molecular formula is C19H24ClNO2. The number of benzene rings is 1. The zero-order valence-electron chi connectivity index (χ0n) is 13.3. The molecule has 0 spiro atoms. The molecule has 2 aromatic rings. The Morgan fingerprint density at radius 2 is 1.83 bits per heavy atom. The van der Waals surface area contributed by atoms with Crippen molar-refractivity contribution in [3.63, 3.8) is 0 Å². The van der Waals surface area contributed by atoms with Crippen LogP contribution in [-0.4, -0.2) is 30.3 Å². The van der Waals surface area contributed by atoms with E-state index >= 15 is 0 Å². The predicted octanol–water partition coefficient (Wildman–Crippen LogP) is 4.23. The molecule has 0 aliphatic carbocycles. The van der Waals surface area contributed by atoms with Gasteiger partial charge in [-0.15, -0.1) is 12.4 Å². The maximum Gasteiger partial charge on any atom is 0.199 e. The second-order valence-electron chi connectivity index (χ2n) is 6.13. The first-order valence-corrected chi connectivity index (χ1v) is 8.14. The molecule has 3 rings (SSSR count). The van der Waals surface area contributed by atoms with Gasteiger partial charge in [0.2, 0.25) is 0 Å². The van der Waals surface area contributed by atoms with Crippen molar-refractivity contribution in [3.05, 3.63) is 60.1 Å². The summed E-state index contributed by atoms with van der Waals surface area (Å²) in [5.41, 5.74) is 1.44. The molecule has 1 aliphatic rings. The number of likely N-dealkylation sites (tertiary alicyclic amines) is 1. The van der Waals surface area contributed by atoms with Gasteiger partial charge in [0.05, 0.1) is 6.26 Å². The molecule has 0 atom stereocenters. The van der Waals surface area contributed by atoms with Crippen LogP contribution < -0.4 is 0 Å². The van der Waals surface area contributed by atoms with E-state index in [1.165, 1.54) is 24.8 Å². The molecule has 0 saturated carbocycles. The van der Waals surface area contributed by atoms with E-state index in [1.807, 2.05) is 0 Å². The Balaban J connectivity index is 0.00000192. The number of carbonyl (C=O) groups is 1. The maximum atomic E-state index is 11.9. The van der Waals surface area contributed by atoms with Crippen molar-refractivity contribution in [1.82, 2.24) is 4.90 Å². The van der Waals surface area contributed by atoms with Crippen molar-refractivity contribution in [1.29, 1.82) is 0 Å². The number of halogens is 1. The molecule has 1 fully saturated rings. The van der Waals surface area contributed by atoms with E-state index in [4.69, 9.17) is 4.42 Å². The van der Waals surface area contributed by atoms with E-state index in [-0.39, 0.29) is 18.2 Å². The van der Waals surface area contributed by atoms with Crippen LogP contribution in [0.1, 0.15) is 35.4 Å². The molecule has 1 aromatic carbocycles. The highest BCUT2D eigenvalue weighted by atomic mass is 35.5. The summed E-state index contributed by atoms with van der Waals surface area (Å²) in [6.07, 6.45) is 5.74. The highest BCUT2D eigenvalue weighted by Gasteiger charge is 2.20. The summed E-state index contributed by atoms with van der Waals surface area (Å²) in [5.74, 6) is 1.37. The smallest absolute Gasteiger partial charge is 0.199 e. The van der Waals surface area contributed by atoms with E-state index in [0.717, 1.165) is 25.6 Å². The molecule has 3 nitrogen and oxygen atoms in total. The van der Waals surface area contributed by atoms with E-state index < -0.39 is 0 Å². The summed E-state index contributed by atoms with van der Waals surface area (Å²) in [6.45, 7) is 3.05. The number of hydrogen-bond donors (Lipinski definition) is 0. The second-order valence-corrected chi connectivity index (χ2v) is 6.13. The van der Waals surface area contributed by atoms with E-state index in [1.54, 1.807) is 18.4 Å². The SMILES string of the molecule is Cl.O=C(CCN1CCC(Cc2ccccc2)CC1)c1ccco1. The topological polar surface area (TPSA) is 33.5 Å². The average molecular weight is 334 g/mol. The van der Waals surface area contributed by atoms with Crippen LogP contribution in [0.5, 0.6) is 0 Å². The van der Waals surface area contributed by atoms with Crippen LogP contribution in [0.3, 0.4) is 0 Å². The maximum absolute atomic E-state index is 11.9. The number of Topliss-reactive ketones (excluding diaryl/α,β-unsaturated/α-hetero) is 1. The molecule has 1 saturated heterocycles. The molecule has 2 heterocycles. The lowest BCUT2D eigenvalue weighted by atomic mass is 9.90. The summed E-state index contributed by atoms with van der Waals surface area (Å²) in [7, 11) is 0. The van der Waals surface area contributed by atoms with Crippen molar-refractivity contribution in [2.45, 2.75) is 25.7 Å². The van der Waals surface area contributed by atoms with Crippen molar-refractivity contribution >= 4 is 18.2 Å². The summed E-state index contributed by atoms with van der Waals surface area (Å²) in [6, 6.07) is 14.2. The van der Waals surface area contributed by atoms with Gasteiger partial charge in [-0.25, -0.2) is 0 Å². The molecule has 0 N–H and O–H groups in total. The third-order valence-electron chi connectivity index (χ3n) is 4.53. The quantitative estimate of drug-likeness (QED) is 0.742. The molecule has 0 unspecified atom stereocenters. The first kappa shape index (κ1) is 17.8. The number of ketones is 1. The van der Waals surface area contributed by atoms with Crippen molar-refractivity contribution in [2.75, 3.05) is 19.6 Å². The summed E-state index contributed by atoms with van der Waals surface area (Å²) < 4.78 is 5.15. The van der Waals surface area contributed by atoms with Gasteiger partial charge in [-0.3, -0.25) is 4.79 Å². The van der Waals surface area contributed by atoms with E-state index in [9.17, 15) is 4.79 Å². The minimum atomic E-state index is 0. The van der Waals surface area contributed by atoms with E-state index in [0.29, 0.717) is 12.2 Å². The molecule has 23 heavy (non-hydrogen) atoms. The third kappa shape index (κ3) is 5.22. The molecule has 1 aromatic heterocycles.